The lowest BCUT2D eigenvalue weighted by molar-refractivity contribution is 0.608. The van der Waals surface area contributed by atoms with Gasteiger partial charge in [-0.25, -0.2) is 0 Å². The van der Waals surface area contributed by atoms with Crippen molar-refractivity contribution >= 4 is 0 Å². The number of rotatable bonds is 2. The number of aryl methyl sites for hydroxylation is 1. The van der Waals surface area contributed by atoms with Crippen LogP contribution in [0.15, 0.2) is 24.3 Å². The van der Waals surface area contributed by atoms with E-state index in [1.807, 2.05) is 0 Å². The highest BCUT2D eigenvalue weighted by Gasteiger charge is 2.20. The summed E-state index contributed by atoms with van der Waals surface area (Å²) >= 11 is 0. The zero-order chi connectivity index (χ0) is 8.39. The van der Waals surface area contributed by atoms with Crippen LogP contribution in [0.1, 0.15) is 43.2 Å². The van der Waals surface area contributed by atoms with Gasteiger partial charge in [-0.1, -0.05) is 37.6 Å². The zero-order valence-electron chi connectivity index (χ0n) is 7.72. The first-order valence-corrected chi connectivity index (χ1v) is 4.99. The summed E-state index contributed by atoms with van der Waals surface area (Å²) in [4.78, 5) is 0. The van der Waals surface area contributed by atoms with Crippen LogP contribution in [0.2, 0.25) is 0 Å². The maximum absolute atomic E-state index is 2.31. The van der Waals surface area contributed by atoms with Gasteiger partial charge in [0.1, 0.15) is 0 Å². The molecule has 64 valence electrons. The molecule has 1 aliphatic rings. The van der Waals surface area contributed by atoms with E-state index < -0.39 is 0 Å². The van der Waals surface area contributed by atoms with Crippen LogP contribution in [-0.4, -0.2) is 0 Å². The first-order chi connectivity index (χ1) is 5.92. The Morgan fingerprint density at radius 2 is 2.17 bits per heavy atom. The van der Waals surface area contributed by atoms with Crippen LogP contribution in [0, 0.1) is 0 Å². The Kier molecular flexibility index (Phi) is 2.16. The topological polar surface area (TPSA) is 0 Å². The molecule has 1 aliphatic carbocycles. The first-order valence-electron chi connectivity index (χ1n) is 4.99. The molecule has 0 bridgehead atoms. The minimum atomic E-state index is 0.867. The summed E-state index contributed by atoms with van der Waals surface area (Å²) < 4.78 is 0. The van der Waals surface area contributed by atoms with E-state index >= 15 is 0 Å². The van der Waals surface area contributed by atoms with E-state index in [2.05, 4.69) is 31.2 Å². The van der Waals surface area contributed by atoms with Crippen LogP contribution in [0.4, 0.5) is 0 Å². The van der Waals surface area contributed by atoms with Gasteiger partial charge in [0.25, 0.3) is 0 Å². The standard InChI is InChI=1S/C12H16/c1-2-5-10-8-9-11-6-3-4-7-12(10)11/h3-4,6-7,10H,2,5,8-9H2,1H3/t10-/m0/s1. The summed E-state index contributed by atoms with van der Waals surface area (Å²) in [5.41, 5.74) is 3.22. The normalized spacial score (nSPS) is 20.9. The Balaban J connectivity index is 2.24. The van der Waals surface area contributed by atoms with Gasteiger partial charge in [-0.05, 0) is 36.3 Å². The maximum atomic E-state index is 2.31. The van der Waals surface area contributed by atoms with Gasteiger partial charge in [-0.15, -0.1) is 0 Å². The molecule has 0 saturated heterocycles. The average Bonchev–Trinajstić information content (AvgIpc) is 2.50. The summed E-state index contributed by atoms with van der Waals surface area (Å²) in [6, 6.07) is 8.92. The van der Waals surface area contributed by atoms with E-state index in [9.17, 15) is 0 Å². The molecule has 0 saturated carbocycles. The highest BCUT2D eigenvalue weighted by molar-refractivity contribution is 5.34. The summed E-state index contributed by atoms with van der Waals surface area (Å²) in [7, 11) is 0. The predicted molar refractivity (Wildman–Crippen MR) is 52.4 cm³/mol. The summed E-state index contributed by atoms with van der Waals surface area (Å²) in [6.07, 6.45) is 5.38. The molecule has 0 heterocycles. The Labute approximate surface area is 74.6 Å². The quantitative estimate of drug-likeness (QED) is 0.621. The van der Waals surface area contributed by atoms with Crippen molar-refractivity contribution in [3.8, 4) is 0 Å². The second-order valence-electron chi connectivity index (χ2n) is 3.72. The van der Waals surface area contributed by atoms with E-state index in [-0.39, 0.29) is 0 Å². The molecule has 1 aromatic carbocycles. The van der Waals surface area contributed by atoms with E-state index in [0.717, 1.165) is 5.92 Å². The van der Waals surface area contributed by atoms with E-state index in [4.69, 9.17) is 0 Å². The smallest absolute Gasteiger partial charge is 0.0156 e. The van der Waals surface area contributed by atoms with Gasteiger partial charge in [-0.2, -0.15) is 0 Å². The van der Waals surface area contributed by atoms with Crippen molar-refractivity contribution in [1.82, 2.24) is 0 Å². The fraction of sp³-hybridized carbons (Fsp3) is 0.500. The summed E-state index contributed by atoms with van der Waals surface area (Å²) in [5.74, 6) is 0.867. The van der Waals surface area contributed by atoms with Crippen molar-refractivity contribution < 1.29 is 0 Å². The molecule has 0 aliphatic heterocycles. The van der Waals surface area contributed by atoms with Crippen LogP contribution in [-0.2, 0) is 6.42 Å². The monoisotopic (exact) mass is 160 g/mol. The number of hydrogen-bond donors (Lipinski definition) is 0. The summed E-state index contributed by atoms with van der Waals surface area (Å²) in [5, 5.41) is 0. The lowest BCUT2D eigenvalue weighted by atomic mass is 9.97. The average molecular weight is 160 g/mol. The lowest BCUT2D eigenvalue weighted by Gasteiger charge is -2.08. The Hall–Kier alpha value is -0.780. The van der Waals surface area contributed by atoms with E-state index in [0.29, 0.717) is 0 Å². The van der Waals surface area contributed by atoms with Crippen LogP contribution in [0.25, 0.3) is 0 Å². The highest BCUT2D eigenvalue weighted by atomic mass is 14.2. The zero-order valence-corrected chi connectivity index (χ0v) is 7.72. The second-order valence-corrected chi connectivity index (χ2v) is 3.72. The summed E-state index contributed by atoms with van der Waals surface area (Å²) in [6.45, 7) is 2.28. The van der Waals surface area contributed by atoms with Gasteiger partial charge >= 0.3 is 0 Å². The van der Waals surface area contributed by atoms with Crippen molar-refractivity contribution in [3.05, 3.63) is 35.4 Å². The van der Waals surface area contributed by atoms with E-state index in [1.165, 1.54) is 25.7 Å². The molecular formula is C12H16. The molecule has 1 aromatic rings. The van der Waals surface area contributed by atoms with Crippen LogP contribution >= 0.6 is 0 Å². The van der Waals surface area contributed by atoms with Crippen molar-refractivity contribution in [2.45, 2.75) is 38.5 Å². The van der Waals surface area contributed by atoms with Gasteiger partial charge < -0.3 is 0 Å². The third-order valence-corrected chi connectivity index (χ3v) is 2.89. The Morgan fingerprint density at radius 3 is 3.00 bits per heavy atom. The minimum absolute atomic E-state index is 0.867. The molecule has 0 radical (unpaired) electrons. The Morgan fingerprint density at radius 1 is 1.33 bits per heavy atom. The van der Waals surface area contributed by atoms with Gasteiger partial charge in [0.05, 0.1) is 0 Å². The SMILES string of the molecule is CCC[C@H]1CCc2ccccc21. The van der Waals surface area contributed by atoms with Crippen LogP contribution < -0.4 is 0 Å². The Bertz CT molecular complexity index is 260. The highest BCUT2D eigenvalue weighted by Crippen LogP contribution is 2.35. The molecular weight excluding hydrogens is 144 g/mol. The molecule has 0 aromatic heterocycles. The third-order valence-electron chi connectivity index (χ3n) is 2.89. The molecule has 0 amide bonds. The molecule has 0 spiro atoms. The number of benzene rings is 1. The van der Waals surface area contributed by atoms with Gasteiger partial charge in [0.2, 0.25) is 0 Å². The molecule has 0 N–H and O–H groups in total. The number of fused-ring (bicyclic) bond motifs is 1. The minimum Gasteiger partial charge on any atom is -0.0654 e. The molecule has 0 fully saturated rings. The maximum Gasteiger partial charge on any atom is -0.0156 e. The van der Waals surface area contributed by atoms with Crippen molar-refractivity contribution in [2.24, 2.45) is 0 Å². The molecule has 12 heavy (non-hydrogen) atoms. The molecule has 0 unspecified atom stereocenters. The van der Waals surface area contributed by atoms with Crippen LogP contribution in [0.3, 0.4) is 0 Å². The molecule has 0 nitrogen and oxygen atoms in total. The van der Waals surface area contributed by atoms with E-state index in [1.54, 1.807) is 11.1 Å². The lowest BCUT2D eigenvalue weighted by Crippen LogP contribution is -1.91. The fourth-order valence-electron chi connectivity index (χ4n) is 2.29. The molecule has 1 atom stereocenters. The van der Waals surface area contributed by atoms with Gasteiger partial charge in [0, 0.05) is 0 Å². The largest absolute Gasteiger partial charge is 0.0654 e. The predicted octanol–water partition coefficient (Wildman–Crippen LogP) is 3.52. The van der Waals surface area contributed by atoms with Gasteiger partial charge in [-0.3, -0.25) is 0 Å². The fourth-order valence-corrected chi connectivity index (χ4v) is 2.29. The third kappa shape index (κ3) is 1.26. The first kappa shape index (κ1) is 7.85. The molecule has 2 rings (SSSR count). The molecule has 0 heteroatoms. The van der Waals surface area contributed by atoms with Gasteiger partial charge in [0.15, 0.2) is 0 Å². The van der Waals surface area contributed by atoms with Crippen molar-refractivity contribution in [1.29, 1.82) is 0 Å². The van der Waals surface area contributed by atoms with Crippen molar-refractivity contribution in [2.75, 3.05) is 0 Å². The van der Waals surface area contributed by atoms with Crippen molar-refractivity contribution in [3.63, 3.8) is 0 Å². The number of hydrogen-bond acceptors (Lipinski definition) is 0. The van der Waals surface area contributed by atoms with Crippen LogP contribution in [0.5, 0.6) is 0 Å². The second kappa shape index (κ2) is 3.30.